The van der Waals surface area contributed by atoms with Gasteiger partial charge in [0.1, 0.15) is 0 Å². The van der Waals surface area contributed by atoms with E-state index in [-0.39, 0.29) is 10.7 Å². The molecule has 8 heteroatoms. The molecule has 0 saturated carbocycles. The Morgan fingerprint density at radius 3 is 2.79 bits per heavy atom. The van der Waals surface area contributed by atoms with Crippen molar-refractivity contribution in [3.63, 3.8) is 0 Å². The zero-order chi connectivity index (χ0) is 17.7. The van der Waals surface area contributed by atoms with Crippen LogP contribution >= 0.6 is 11.6 Å². The van der Waals surface area contributed by atoms with Crippen LogP contribution in [0.15, 0.2) is 30.9 Å². The largest absolute Gasteiger partial charge is 0.451 e. The second-order valence-electron chi connectivity index (χ2n) is 5.01. The first-order valence-electron chi connectivity index (χ1n) is 7.17. The first-order valence-corrected chi connectivity index (χ1v) is 7.55. The number of esters is 1. The van der Waals surface area contributed by atoms with Crippen molar-refractivity contribution in [2.75, 3.05) is 13.2 Å². The topological polar surface area (TPSA) is 86.1 Å². The lowest BCUT2D eigenvalue weighted by Gasteiger charge is -2.08. The molecule has 2 rings (SSSR count). The van der Waals surface area contributed by atoms with E-state index >= 15 is 0 Å². The monoisotopic (exact) mass is 348 g/mol. The van der Waals surface area contributed by atoms with Gasteiger partial charge in [-0.25, -0.2) is 14.5 Å². The van der Waals surface area contributed by atoms with Crippen LogP contribution in [0, 0.1) is 13.8 Å². The van der Waals surface area contributed by atoms with Crippen LogP contribution in [0.4, 0.5) is 0 Å². The number of hydrogen-bond acceptors (Lipinski definition) is 5. The molecule has 0 unspecified atom stereocenters. The SMILES string of the molecule is C=CCNC(=O)COC(=O)c1nc(-n2nc(C)cc2C)ccc1Cl. The second kappa shape index (κ2) is 7.74. The van der Waals surface area contributed by atoms with Crippen LogP contribution in [-0.4, -0.2) is 39.8 Å². The van der Waals surface area contributed by atoms with Crippen molar-refractivity contribution >= 4 is 23.5 Å². The van der Waals surface area contributed by atoms with Gasteiger partial charge in [-0.1, -0.05) is 17.7 Å². The number of pyridine rings is 1. The first-order chi connectivity index (χ1) is 11.4. The highest BCUT2D eigenvalue weighted by atomic mass is 35.5. The van der Waals surface area contributed by atoms with Crippen LogP contribution in [-0.2, 0) is 9.53 Å². The Morgan fingerprint density at radius 1 is 1.42 bits per heavy atom. The Kier molecular flexibility index (Phi) is 5.70. The number of rotatable bonds is 6. The van der Waals surface area contributed by atoms with Gasteiger partial charge in [0.25, 0.3) is 5.91 Å². The molecule has 24 heavy (non-hydrogen) atoms. The van der Waals surface area contributed by atoms with Crippen LogP contribution in [0.5, 0.6) is 0 Å². The third kappa shape index (κ3) is 4.20. The molecule has 0 saturated heterocycles. The Hall–Kier alpha value is -2.67. The number of aromatic nitrogens is 3. The van der Waals surface area contributed by atoms with Gasteiger partial charge in [-0.05, 0) is 32.0 Å². The molecular formula is C16H17ClN4O3. The summed E-state index contributed by atoms with van der Waals surface area (Å²) in [6.07, 6.45) is 1.52. The van der Waals surface area contributed by atoms with Crippen molar-refractivity contribution < 1.29 is 14.3 Å². The molecule has 2 aromatic rings. The minimum absolute atomic E-state index is 0.0711. The number of hydrogen-bond donors (Lipinski definition) is 1. The molecule has 126 valence electrons. The zero-order valence-electron chi connectivity index (χ0n) is 13.4. The van der Waals surface area contributed by atoms with Crippen LogP contribution in [0.2, 0.25) is 5.02 Å². The van der Waals surface area contributed by atoms with Gasteiger partial charge in [0.15, 0.2) is 18.1 Å². The van der Waals surface area contributed by atoms with E-state index in [9.17, 15) is 9.59 Å². The van der Waals surface area contributed by atoms with Gasteiger partial charge >= 0.3 is 5.97 Å². The number of carbonyl (C=O) groups excluding carboxylic acids is 2. The average molecular weight is 349 g/mol. The molecule has 0 aliphatic carbocycles. The summed E-state index contributed by atoms with van der Waals surface area (Å²) in [5.74, 6) is -0.778. The number of nitrogens with one attached hydrogen (secondary N) is 1. The number of aryl methyl sites for hydroxylation is 2. The minimum Gasteiger partial charge on any atom is -0.451 e. The molecule has 0 aliphatic rings. The molecule has 2 heterocycles. The fourth-order valence-electron chi connectivity index (χ4n) is 1.99. The van der Waals surface area contributed by atoms with E-state index < -0.39 is 18.5 Å². The summed E-state index contributed by atoms with van der Waals surface area (Å²) in [6, 6.07) is 5.07. The fraction of sp³-hybridized carbons (Fsp3) is 0.250. The van der Waals surface area contributed by atoms with Gasteiger partial charge in [0.2, 0.25) is 0 Å². The van der Waals surface area contributed by atoms with Crippen molar-refractivity contribution in [1.82, 2.24) is 20.1 Å². The predicted octanol–water partition coefficient (Wildman–Crippen LogP) is 2.00. The number of amides is 1. The van der Waals surface area contributed by atoms with Crippen LogP contribution in [0.1, 0.15) is 21.9 Å². The molecule has 0 bridgehead atoms. The molecule has 0 radical (unpaired) electrons. The first kappa shape index (κ1) is 17.7. The van der Waals surface area contributed by atoms with Gasteiger partial charge in [-0.3, -0.25) is 4.79 Å². The molecule has 1 amide bonds. The normalized spacial score (nSPS) is 10.3. The fourth-order valence-corrected chi connectivity index (χ4v) is 2.17. The third-order valence-corrected chi connectivity index (χ3v) is 3.33. The second-order valence-corrected chi connectivity index (χ2v) is 5.41. The number of ether oxygens (including phenoxy) is 1. The Balaban J connectivity index is 2.16. The molecule has 0 fully saturated rings. The maximum atomic E-state index is 12.1. The standard InChI is InChI=1S/C16H17ClN4O3/c1-4-7-18-14(22)9-24-16(23)15-12(17)5-6-13(19-15)21-11(3)8-10(2)20-21/h4-6,8H,1,7,9H2,2-3H3,(H,18,22). The van der Waals surface area contributed by atoms with Crippen LogP contribution in [0.25, 0.3) is 5.82 Å². The molecular weight excluding hydrogens is 332 g/mol. The lowest BCUT2D eigenvalue weighted by molar-refractivity contribution is -0.124. The van der Waals surface area contributed by atoms with Gasteiger partial charge in [0, 0.05) is 12.2 Å². The molecule has 0 aliphatic heterocycles. The highest BCUT2D eigenvalue weighted by Crippen LogP contribution is 2.18. The van der Waals surface area contributed by atoms with Crippen molar-refractivity contribution in [1.29, 1.82) is 0 Å². The molecule has 0 spiro atoms. The van der Waals surface area contributed by atoms with E-state index in [0.717, 1.165) is 11.4 Å². The van der Waals surface area contributed by atoms with Crippen LogP contribution in [0.3, 0.4) is 0 Å². The van der Waals surface area contributed by atoms with Crippen molar-refractivity contribution in [2.45, 2.75) is 13.8 Å². The van der Waals surface area contributed by atoms with Gasteiger partial charge in [-0.15, -0.1) is 6.58 Å². The Bertz CT molecular complexity index is 786. The molecule has 7 nitrogen and oxygen atoms in total. The quantitative estimate of drug-likeness (QED) is 0.637. The van der Waals surface area contributed by atoms with E-state index in [0.29, 0.717) is 12.4 Å². The van der Waals surface area contributed by atoms with Gasteiger partial charge < -0.3 is 10.1 Å². The number of carbonyl (C=O) groups is 2. The van der Waals surface area contributed by atoms with E-state index in [1.54, 1.807) is 10.7 Å². The summed E-state index contributed by atoms with van der Waals surface area (Å²) in [5.41, 5.74) is 1.62. The number of nitrogens with zero attached hydrogens (tertiary/aromatic N) is 3. The van der Waals surface area contributed by atoms with Gasteiger partial charge in [-0.2, -0.15) is 5.10 Å². The van der Waals surface area contributed by atoms with E-state index in [2.05, 4.69) is 22.0 Å². The van der Waals surface area contributed by atoms with Crippen molar-refractivity contribution in [3.05, 3.63) is 53.0 Å². The highest BCUT2D eigenvalue weighted by molar-refractivity contribution is 6.33. The molecule has 1 N–H and O–H groups in total. The van der Waals surface area contributed by atoms with E-state index in [1.165, 1.54) is 12.1 Å². The average Bonchev–Trinajstić information content (AvgIpc) is 2.89. The van der Waals surface area contributed by atoms with E-state index in [1.807, 2.05) is 19.9 Å². The maximum Gasteiger partial charge on any atom is 0.359 e. The minimum atomic E-state index is -0.780. The molecule has 0 atom stereocenters. The summed E-state index contributed by atoms with van der Waals surface area (Å²) in [4.78, 5) is 27.8. The van der Waals surface area contributed by atoms with Crippen LogP contribution < -0.4 is 5.32 Å². The summed E-state index contributed by atoms with van der Waals surface area (Å²) in [5, 5.41) is 6.94. The lowest BCUT2D eigenvalue weighted by atomic mass is 10.3. The van der Waals surface area contributed by atoms with Crippen molar-refractivity contribution in [3.8, 4) is 5.82 Å². The summed E-state index contributed by atoms with van der Waals surface area (Å²) in [7, 11) is 0. The molecule has 2 aromatic heterocycles. The third-order valence-electron chi connectivity index (χ3n) is 3.03. The maximum absolute atomic E-state index is 12.1. The van der Waals surface area contributed by atoms with Gasteiger partial charge in [0.05, 0.1) is 10.7 Å². The smallest absolute Gasteiger partial charge is 0.359 e. The Morgan fingerprint density at radius 2 is 2.17 bits per heavy atom. The predicted molar refractivity (Wildman–Crippen MR) is 89.3 cm³/mol. The molecule has 0 aromatic carbocycles. The zero-order valence-corrected chi connectivity index (χ0v) is 14.1. The summed E-state index contributed by atoms with van der Waals surface area (Å²) >= 11 is 6.02. The number of halogens is 1. The Labute approximate surface area is 144 Å². The summed E-state index contributed by atoms with van der Waals surface area (Å²) < 4.78 is 6.53. The lowest BCUT2D eigenvalue weighted by Crippen LogP contribution is -2.29. The van der Waals surface area contributed by atoms with E-state index in [4.69, 9.17) is 16.3 Å². The van der Waals surface area contributed by atoms with Crippen molar-refractivity contribution in [2.24, 2.45) is 0 Å². The summed E-state index contributed by atoms with van der Waals surface area (Å²) in [6.45, 7) is 7.08. The highest BCUT2D eigenvalue weighted by Gasteiger charge is 2.17.